The third-order valence-corrected chi connectivity index (χ3v) is 5.78. The molecule has 0 N–H and O–H groups in total. The molecule has 1 saturated carbocycles. The normalized spacial score (nSPS) is 23.7. The molecule has 23 heavy (non-hydrogen) atoms. The van der Waals surface area contributed by atoms with Crippen molar-refractivity contribution in [3.05, 3.63) is 24.3 Å². The number of carbonyl (C=O) groups excluding carboxylic acids is 1. The number of benzene rings is 1. The van der Waals surface area contributed by atoms with E-state index in [-0.39, 0.29) is 17.9 Å². The summed E-state index contributed by atoms with van der Waals surface area (Å²) >= 11 is 1.70. The fraction of sp³-hybridized carbons (Fsp3) is 0.556. The second kappa shape index (κ2) is 7.39. The number of hydrogen-bond acceptors (Lipinski definition) is 4. The summed E-state index contributed by atoms with van der Waals surface area (Å²) in [5.41, 5.74) is 0.870. The highest BCUT2D eigenvalue weighted by molar-refractivity contribution is 8.14. The van der Waals surface area contributed by atoms with Crippen LogP contribution in [0.5, 0.6) is 5.75 Å². The van der Waals surface area contributed by atoms with E-state index in [9.17, 15) is 4.79 Å². The van der Waals surface area contributed by atoms with Crippen LogP contribution in [0.2, 0.25) is 0 Å². The molecule has 1 heterocycles. The van der Waals surface area contributed by atoms with Crippen LogP contribution in [-0.2, 0) is 4.79 Å². The summed E-state index contributed by atoms with van der Waals surface area (Å²) in [6.07, 6.45) is 5.41. The zero-order chi connectivity index (χ0) is 16.2. The van der Waals surface area contributed by atoms with E-state index in [1.807, 2.05) is 29.2 Å². The van der Waals surface area contributed by atoms with Gasteiger partial charge in [0.05, 0.1) is 12.8 Å². The minimum Gasteiger partial charge on any atom is -0.497 e. The molecule has 1 saturated heterocycles. The van der Waals surface area contributed by atoms with Gasteiger partial charge in [-0.15, -0.1) is 0 Å². The molecule has 1 aliphatic heterocycles. The Bertz CT molecular complexity index is 579. The largest absolute Gasteiger partial charge is 0.497 e. The molecule has 0 spiro atoms. The maximum atomic E-state index is 12.9. The Morgan fingerprint density at radius 1 is 1.30 bits per heavy atom. The lowest BCUT2D eigenvalue weighted by atomic mass is 10.1. The van der Waals surface area contributed by atoms with Crippen LogP contribution in [-0.4, -0.2) is 34.9 Å². The minimum atomic E-state index is 0.198. The summed E-state index contributed by atoms with van der Waals surface area (Å²) in [5, 5.41) is 0.860. The molecular formula is C18H24N2O2S. The molecule has 124 valence electrons. The van der Waals surface area contributed by atoms with Gasteiger partial charge >= 0.3 is 0 Å². The molecule has 0 bridgehead atoms. The van der Waals surface area contributed by atoms with Crippen molar-refractivity contribution in [3.63, 3.8) is 0 Å². The summed E-state index contributed by atoms with van der Waals surface area (Å²) < 4.78 is 5.18. The maximum absolute atomic E-state index is 12.9. The van der Waals surface area contributed by atoms with Crippen LogP contribution >= 0.6 is 11.8 Å². The van der Waals surface area contributed by atoms with Crippen molar-refractivity contribution in [2.45, 2.75) is 45.1 Å². The highest BCUT2D eigenvalue weighted by Gasteiger charge is 2.38. The molecule has 3 rings (SSSR count). The van der Waals surface area contributed by atoms with Gasteiger partial charge in [0.25, 0.3) is 0 Å². The van der Waals surface area contributed by atoms with E-state index in [0.29, 0.717) is 0 Å². The lowest BCUT2D eigenvalue weighted by molar-refractivity contribution is -0.132. The van der Waals surface area contributed by atoms with E-state index in [0.717, 1.165) is 41.6 Å². The summed E-state index contributed by atoms with van der Waals surface area (Å²) in [6.45, 7) is 2.15. The van der Waals surface area contributed by atoms with Gasteiger partial charge in [0.1, 0.15) is 5.75 Å². The lowest BCUT2D eigenvalue weighted by Crippen LogP contribution is -2.42. The van der Waals surface area contributed by atoms with Crippen molar-refractivity contribution in [2.24, 2.45) is 10.9 Å². The molecule has 5 heteroatoms. The van der Waals surface area contributed by atoms with Crippen LogP contribution in [0.3, 0.4) is 0 Å². The number of aliphatic imine (C=N–C) groups is 1. The van der Waals surface area contributed by atoms with Crippen LogP contribution < -0.4 is 4.74 Å². The Labute approximate surface area is 142 Å². The third-order valence-electron chi connectivity index (χ3n) is 4.69. The van der Waals surface area contributed by atoms with Crippen molar-refractivity contribution >= 4 is 28.5 Å². The van der Waals surface area contributed by atoms with Gasteiger partial charge in [0.15, 0.2) is 5.17 Å². The topological polar surface area (TPSA) is 41.9 Å². The highest BCUT2D eigenvalue weighted by Crippen LogP contribution is 2.34. The molecule has 0 aromatic heterocycles. The molecule has 1 aromatic rings. The number of ether oxygens (including phenoxy) is 1. The zero-order valence-electron chi connectivity index (χ0n) is 13.8. The number of amides is 1. The van der Waals surface area contributed by atoms with Gasteiger partial charge in [0.2, 0.25) is 5.91 Å². The predicted octanol–water partition coefficient (Wildman–Crippen LogP) is 4.23. The second-order valence-corrected chi connectivity index (χ2v) is 7.14. The fourth-order valence-corrected chi connectivity index (χ4v) is 4.54. The van der Waals surface area contributed by atoms with Crippen LogP contribution in [0.4, 0.5) is 5.69 Å². The summed E-state index contributed by atoms with van der Waals surface area (Å²) in [4.78, 5) is 19.6. The quantitative estimate of drug-likeness (QED) is 0.829. The van der Waals surface area contributed by atoms with Crippen molar-refractivity contribution < 1.29 is 9.53 Å². The smallest absolute Gasteiger partial charge is 0.231 e. The van der Waals surface area contributed by atoms with E-state index in [4.69, 9.17) is 9.73 Å². The molecule has 2 aliphatic rings. The number of rotatable bonds is 4. The van der Waals surface area contributed by atoms with Crippen molar-refractivity contribution in [1.82, 2.24) is 4.90 Å². The Kier molecular flexibility index (Phi) is 5.26. The van der Waals surface area contributed by atoms with E-state index < -0.39 is 0 Å². The molecule has 1 atom stereocenters. The van der Waals surface area contributed by atoms with Gasteiger partial charge in [0, 0.05) is 17.7 Å². The van der Waals surface area contributed by atoms with Crippen molar-refractivity contribution in [2.75, 3.05) is 12.9 Å². The monoisotopic (exact) mass is 332 g/mol. The first-order valence-corrected chi connectivity index (χ1v) is 9.40. The number of carbonyl (C=O) groups is 1. The SMILES string of the molecule is CC[C@H]1CSC(=Nc2ccc(OC)cc2)N1C(=O)C1CCCC1. The first-order chi connectivity index (χ1) is 11.2. The van der Waals surface area contributed by atoms with Crippen molar-refractivity contribution in [1.29, 1.82) is 0 Å². The lowest BCUT2D eigenvalue weighted by Gasteiger charge is -2.26. The van der Waals surface area contributed by atoms with Crippen LogP contribution in [0, 0.1) is 5.92 Å². The molecule has 0 unspecified atom stereocenters. The maximum Gasteiger partial charge on any atom is 0.231 e. The molecule has 1 aliphatic carbocycles. The first-order valence-electron chi connectivity index (χ1n) is 8.41. The van der Waals surface area contributed by atoms with Crippen LogP contribution in [0.1, 0.15) is 39.0 Å². The van der Waals surface area contributed by atoms with Gasteiger partial charge < -0.3 is 4.74 Å². The number of hydrogen-bond donors (Lipinski definition) is 0. The molecule has 0 radical (unpaired) electrons. The van der Waals surface area contributed by atoms with E-state index in [1.54, 1.807) is 18.9 Å². The van der Waals surface area contributed by atoms with Crippen LogP contribution in [0.15, 0.2) is 29.3 Å². The Morgan fingerprint density at radius 2 is 2.00 bits per heavy atom. The average molecular weight is 332 g/mol. The predicted molar refractivity (Wildman–Crippen MR) is 95.4 cm³/mol. The zero-order valence-corrected chi connectivity index (χ0v) is 14.6. The number of nitrogens with zero attached hydrogens (tertiary/aromatic N) is 2. The van der Waals surface area contributed by atoms with Crippen LogP contribution in [0.25, 0.3) is 0 Å². The number of thioether (sulfide) groups is 1. The summed E-state index contributed by atoms with van der Waals surface area (Å²) in [5.74, 6) is 2.25. The standard InChI is InChI=1S/C18H24N2O2S/c1-3-15-12-23-18(19-14-8-10-16(22-2)11-9-14)20(15)17(21)13-6-4-5-7-13/h8-11,13,15H,3-7,12H2,1-2H3/t15-/m0/s1. The van der Waals surface area contributed by atoms with E-state index >= 15 is 0 Å². The molecular weight excluding hydrogens is 308 g/mol. The van der Waals surface area contributed by atoms with E-state index in [2.05, 4.69) is 6.92 Å². The molecule has 1 aromatic carbocycles. The Balaban J connectivity index is 1.83. The van der Waals surface area contributed by atoms with Gasteiger partial charge in [-0.2, -0.15) is 0 Å². The van der Waals surface area contributed by atoms with Gasteiger partial charge in [-0.1, -0.05) is 31.5 Å². The fourth-order valence-electron chi connectivity index (χ4n) is 3.27. The number of methoxy groups -OCH3 is 1. The first kappa shape index (κ1) is 16.4. The minimum absolute atomic E-state index is 0.198. The van der Waals surface area contributed by atoms with Gasteiger partial charge in [-0.05, 0) is 43.5 Å². The van der Waals surface area contributed by atoms with Crippen molar-refractivity contribution in [3.8, 4) is 5.75 Å². The molecule has 2 fully saturated rings. The Hall–Kier alpha value is -1.49. The highest BCUT2D eigenvalue weighted by atomic mass is 32.2. The second-order valence-electron chi connectivity index (χ2n) is 6.16. The number of amidine groups is 1. The van der Waals surface area contributed by atoms with Gasteiger partial charge in [-0.3, -0.25) is 9.69 Å². The molecule has 1 amide bonds. The molecule has 4 nitrogen and oxygen atoms in total. The average Bonchev–Trinajstić information content (AvgIpc) is 3.24. The Morgan fingerprint density at radius 3 is 2.61 bits per heavy atom. The third kappa shape index (κ3) is 3.55. The summed E-state index contributed by atoms with van der Waals surface area (Å²) in [7, 11) is 1.65. The van der Waals surface area contributed by atoms with E-state index in [1.165, 1.54) is 12.8 Å². The summed E-state index contributed by atoms with van der Waals surface area (Å²) in [6, 6.07) is 7.96. The van der Waals surface area contributed by atoms with Gasteiger partial charge in [-0.25, -0.2) is 4.99 Å².